The van der Waals surface area contributed by atoms with Crippen LogP contribution in [-0.2, 0) is 0 Å². The van der Waals surface area contributed by atoms with Gasteiger partial charge in [0.2, 0.25) is 0 Å². The lowest BCUT2D eigenvalue weighted by molar-refractivity contribution is 0.0697. The van der Waals surface area contributed by atoms with Crippen molar-refractivity contribution in [2.24, 2.45) is 0 Å². The van der Waals surface area contributed by atoms with E-state index in [1.54, 1.807) is 24.5 Å². The molecule has 2 aromatic heterocycles. The molecule has 3 aromatic rings. The van der Waals surface area contributed by atoms with Crippen molar-refractivity contribution in [2.45, 2.75) is 0 Å². The maximum absolute atomic E-state index is 10.8. The topological polar surface area (TPSA) is 81.1 Å². The second-order valence-corrected chi connectivity index (χ2v) is 3.43. The quantitative estimate of drug-likeness (QED) is 0.723. The number of aromatic nitrogens is 3. The van der Waals surface area contributed by atoms with E-state index in [-0.39, 0.29) is 5.56 Å². The van der Waals surface area contributed by atoms with Crippen LogP contribution in [0.2, 0.25) is 0 Å². The highest BCUT2D eigenvalue weighted by atomic mass is 16.4. The Morgan fingerprint density at radius 2 is 2.29 bits per heavy atom. The highest BCUT2D eigenvalue weighted by Gasteiger charge is 2.10. The SMILES string of the molecule is O=C(O)c1ccc2nc(-n3cccn3)oc2c1. The van der Waals surface area contributed by atoms with Crippen LogP contribution in [0.1, 0.15) is 10.4 Å². The number of carboxylic acid groups (broad SMARTS) is 1. The summed E-state index contributed by atoms with van der Waals surface area (Å²) in [5, 5.41) is 12.8. The zero-order valence-corrected chi connectivity index (χ0v) is 8.57. The molecule has 17 heavy (non-hydrogen) atoms. The lowest BCUT2D eigenvalue weighted by Crippen LogP contribution is -1.94. The van der Waals surface area contributed by atoms with Crippen LogP contribution in [0.3, 0.4) is 0 Å². The Kier molecular flexibility index (Phi) is 1.94. The smallest absolute Gasteiger partial charge is 0.335 e. The van der Waals surface area contributed by atoms with Gasteiger partial charge in [0.1, 0.15) is 5.52 Å². The molecule has 6 nitrogen and oxygen atoms in total. The summed E-state index contributed by atoms with van der Waals surface area (Å²) < 4.78 is 6.90. The van der Waals surface area contributed by atoms with Crippen molar-refractivity contribution >= 4 is 17.1 Å². The van der Waals surface area contributed by atoms with Crippen LogP contribution in [0.4, 0.5) is 0 Å². The summed E-state index contributed by atoms with van der Waals surface area (Å²) in [6.45, 7) is 0. The summed E-state index contributed by atoms with van der Waals surface area (Å²) in [7, 11) is 0. The molecule has 84 valence electrons. The first-order valence-electron chi connectivity index (χ1n) is 4.88. The number of carboxylic acids is 1. The van der Waals surface area contributed by atoms with Crippen molar-refractivity contribution in [2.75, 3.05) is 0 Å². The number of carbonyl (C=O) groups is 1. The first-order chi connectivity index (χ1) is 8.24. The minimum absolute atomic E-state index is 0.167. The van der Waals surface area contributed by atoms with Gasteiger partial charge in [-0.3, -0.25) is 0 Å². The molecular formula is C11H7N3O3. The highest BCUT2D eigenvalue weighted by Crippen LogP contribution is 2.19. The fourth-order valence-electron chi connectivity index (χ4n) is 1.53. The average Bonchev–Trinajstić information content (AvgIpc) is 2.96. The molecule has 1 N–H and O–H groups in total. The van der Waals surface area contributed by atoms with Gasteiger partial charge in [-0.15, -0.1) is 0 Å². The molecule has 0 bridgehead atoms. The third-order valence-electron chi connectivity index (χ3n) is 2.32. The molecule has 0 saturated carbocycles. The van der Waals surface area contributed by atoms with E-state index in [4.69, 9.17) is 9.52 Å². The van der Waals surface area contributed by atoms with Gasteiger partial charge in [-0.2, -0.15) is 14.8 Å². The number of hydrogen-bond acceptors (Lipinski definition) is 4. The predicted molar refractivity (Wildman–Crippen MR) is 58.1 cm³/mol. The van der Waals surface area contributed by atoms with Crippen molar-refractivity contribution in [1.29, 1.82) is 0 Å². The van der Waals surface area contributed by atoms with Gasteiger partial charge in [-0.1, -0.05) is 0 Å². The molecule has 0 saturated heterocycles. The normalized spacial score (nSPS) is 10.8. The van der Waals surface area contributed by atoms with Crippen LogP contribution in [0.25, 0.3) is 17.1 Å². The van der Waals surface area contributed by atoms with E-state index in [0.29, 0.717) is 17.1 Å². The molecule has 0 aliphatic heterocycles. The summed E-state index contributed by atoms with van der Waals surface area (Å²) in [6, 6.07) is 6.59. The van der Waals surface area contributed by atoms with E-state index in [1.165, 1.54) is 16.8 Å². The van der Waals surface area contributed by atoms with E-state index < -0.39 is 5.97 Å². The number of fused-ring (bicyclic) bond motifs is 1. The van der Waals surface area contributed by atoms with E-state index in [2.05, 4.69) is 10.1 Å². The van der Waals surface area contributed by atoms with Gasteiger partial charge < -0.3 is 9.52 Å². The summed E-state index contributed by atoms with van der Waals surface area (Å²) >= 11 is 0. The Labute approximate surface area is 95.1 Å². The monoisotopic (exact) mass is 229 g/mol. The van der Waals surface area contributed by atoms with Gasteiger partial charge in [0.25, 0.3) is 0 Å². The van der Waals surface area contributed by atoms with Crippen LogP contribution in [-0.4, -0.2) is 25.8 Å². The summed E-state index contributed by atoms with van der Waals surface area (Å²) in [4.78, 5) is 15.0. The average molecular weight is 229 g/mol. The van der Waals surface area contributed by atoms with Gasteiger partial charge in [0, 0.05) is 12.4 Å². The fraction of sp³-hybridized carbons (Fsp3) is 0. The molecule has 6 heteroatoms. The van der Waals surface area contributed by atoms with Crippen LogP contribution in [0.5, 0.6) is 0 Å². The Hall–Kier alpha value is -2.63. The molecule has 0 radical (unpaired) electrons. The number of benzene rings is 1. The van der Waals surface area contributed by atoms with Gasteiger partial charge in [-0.05, 0) is 24.3 Å². The number of aromatic carboxylic acids is 1. The van der Waals surface area contributed by atoms with Crippen molar-refractivity contribution in [3.05, 3.63) is 42.2 Å². The van der Waals surface area contributed by atoms with Crippen LogP contribution in [0.15, 0.2) is 41.1 Å². The highest BCUT2D eigenvalue weighted by molar-refractivity contribution is 5.91. The lowest BCUT2D eigenvalue weighted by atomic mass is 10.2. The lowest BCUT2D eigenvalue weighted by Gasteiger charge is -1.91. The maximum atomic E-state index is 10.8. The molecule has 0 unspecified atom stereocenters. The number of oxazole rings is 1. The molecule has 3 rings (SSSR count). The summed E-state index contributed by atoms with van der Waals surface area (Å²) in [6.07, 6.45) is 3.31. The van der Waals surface area contributed by atoms with Crippen LogP contribution in [0, 0.1) is 0 Å². The molecule has 0 spiro atoms. The molecule has 0 aliphatic carbocycles. The summed E-state index contributed by atoms with van der Waals surface area (Å²) in [5.74, 6) is -0.996. The molecule has 0 amide bonds. The van der Waals surface area contributed by atoms with Gasteiger partial charge >= 0.3 is 12.0 Å². The third-order valence-corrected chi connectivity index (χ3v) is 2.32. The number of nitrogens with zero attached hydrogens (tertiary/aromatic N) is 3. The second kappa shape index (κ2) is 3.44. The Bertz CT molecular complexity index is 685. The molecular weight excluding hydrogens is 222 g/mol. The third kappa shape index (κ3) is 1.55. The maximum Gasteiger partial charge on any atom is 0.335 e. The first kappa shape index (κ1) is 9.59. The number of hydrogen-bond donors (Lipinski definition) is 1. The minimum atomic E-state index is -0.996. The van der Waals surface area contributed by atoms with Crippen molar-refractivity contribution in [3.8, 4) is 6.01 Å². The van der Waals surface area contributed by atoms with Crippen LogP contribution < -0.4 is 0 Å². The molecule has 0 aliphatic rings. The Morgan fingerprint density at radius 3 is 3.00 bits per heavy atom. The predicted octanol–water partition coefficient (Wildman–Crippen LogP) is 1.71. The Balaban J connectivity index is 2.16. The zero-order valence-electron chi connectivity index (χ0n) is 8.57. The fourth-order valence-corrected chi connectivity index (χ4v) is 1.53. The minimum Gasteiger partial charge on any atom is -0.478 e. The van der Waals surface area contributed by atoms with Crippen molar-refractivity contribution in [3.63, 3.8) is 0 Å². The van der Waals surface area contributed by atoms with E-state index >= 15 is 0 Å². The van der Waals surface area contributed by atoms with E-state index in [1.807, 2.05) is 0 Å². The summed E-state index contributed by atoms with van der Waals surface area (Å²) in [5.41, 5.74) is 1.19. The zero-order chi connectivity index (χ0) is 11.8. The van der Waals surface area contributed by atoms with Gasteiger partial charge in [-0.25, -0.2) is 4.79 Å². The standard InChI is InChI=1S/C11H7N3O3/c15-10(16)7-2-3-8-9(6-7)17-11(13-8)14-5-1-4-12-14/h1-6H,(H,15,16). The van der Waals surface area contributed by atoms with Gasteiger partial charge in [0.15, 0.2) is 5.58 Å². The van der Waals surface area contributed by atoms with E-state index in [0.717, 1.165) is 0 Å². The largest absolute Gasteiger partial charge is 0.478 e. The molecule has 2 heterocycles. The van der Waals surface area contributed by atoms with E-state index in [9.17, 15) is 4.79 Å². The first-order valence-corrected chi connectivity index (χ1v) is 4.88. The Morgan fingerprint density at radius 1 is 1.41 bits per heavy atom. The van der Waals surface area contributed by atoms with Crippen molar-refractivity contribution < 1.29 is 14.3 Å². The molecule has 0 fully saturated rings. The van der Waals surface area contributed by atoms with Gasteiger partial charge in [0.05, 0.1) is 5.56 Å². The second-order valence-electron chi connectivity index (χ2n) is 3.43. The molecule has 1 aromatic carbocycles. The van der Waals surface area contributed by atoms with Crippen LogP contribution >= 0.6 is 0 Å². The molecule has 0 atom stereocenters. The number of rotatable bonds is 2. The van der Waals surface area contributed by atoms with Crippen molar-refractivity contribution in [1.82, 2.24) is 14.8 Å².